The van der Waals surface area contributed by atoms with Crippen molar-refractivity contribution in [1.29, 1.82) is 0 Å². The molecule has 1 aliphatic rings. The van der Waals surface area contributed by atoms with Gasteiger partial charge in [-0.25, -0.2) is 0 Å². The minimum absolute atomic E-state index is 0. The quantitative estimate of drug-likeness (QED) is 0.549. The van der Waals surface area contributed by atoms with E-state index in [2.05, 4.69) is 11.0 Å². The first-order chi connectivity index (χ1) is 8.99. The molecule has 0 amide bonds. The zero-order valence-electron chi connectivity index (χ0n) is 13.0. The van der Waals surface area contributed by atoms with E-state index >= 15 is 0 Å². The fourth-order valence-electron chi connectivity index (χ4n) is 2.43. The SMILES string of the molecule is COc1ccc2c(c1)N(CCCS(=O)(=O)O)CCC2.[H-].[Na+]. The minimum Gasteiger partial charge on any atom is -1.00 e. The van der Waals surface area contributed by atoms with Crippen LogP contribution in [0.15, 0.2) is 18.2 Å². The van der Waals surface area contributed by atoms with Crippen LogP contribution in [-0.4, -0.2) is 38.9 Å². The third-order valence-corrected chi connectivity index (χ3v) is 4.14. The van der Waals surface area contributed by atoms with Gasteiger partial charge in [0.25, 0.3) is 10.1 Å². The van der Waals surface area contributed by atoms with Gasteiger partial charge in [-0.15, -0.1) is 0 Å². The Kier molecular flexibility index (Phi) is 6.81. The number of nitrogens with zero attached hydrogens (tertiary/aromatic N) is 1. The summed E-state index contributed by atoms with van der Waals surface area (Å²) < 4.78 is 35.5. The van der Waals surface area contributed by atoms with Crippen molar-refractivity contribution < 1.29 is 48.7 Å². The predicted octanol–water partition coefficient (Wildman–Crippen LogP) is -1.16. The van der Waals surface area contributed by atoms with E-state index in [1.54, 1.807) is 7.11 Å². The molecular formula is C13H20NNaO4S. The van der Waals surface area contributed by atoms with Gasteiger partial charge in [-0.2, -0.15) is 8.42 Å². The number of hydrogen-bond donors (Lipinski definition) is 1. The van der Waals surface area contributed by atoms with Gasteiger partial charge < -0.3 is 11.1 Å². The van der Waals surface area contributed by atoms with Crippen molar-refractivity contribution in [3.63, 3.8) is 0 Å². The summed E-state index contributed by atoms with van der Waals surface area (Å²) in [5.41, 5.74) is 2.37. The average molecular weight is 309 g/mol. The van der Waals surface area contributed by atoms with Crippen molar-refractivity contribution in [2.45, 2.75) is 19.3 Å². The van der Waals surface area contributed by atoms with Crippen molar-refractivity contribution in [3.8, 4) is 5.75 Å². The van der Waals surface area contributed by atoms with Crippen LogP contribution in [0.5, 0.6) is 5.75 Å². The molecule has 0 fully saturated rings. The zero-order chi connectivity index (χ0) is 13.9. The third-order valence-electron chi connectivity index (χ3n) is 3.34. The fourth-order valence-corrected chi connectivity index (χ4v) is 2.92. The number of hydrogen-bond acceptors (Lipinski definition) is 4. The summed E-state index contributed by atoms with van der Waals surface area (Å²) in [6.45, 7) is 1.53. The monoisotopic (exact) mass is 309 g/mol. The first-order valence-electron chi connectivity index (χ1n) is 6.36. The molecule has 0 spiro atoms. The standard InChI is InChI=1S/C13H19NO4S.Na.H/c1-18-12-6-5-11-4-2-7-14(13(11)10-12)8-3-9-19(15,16)17;;/h5-6,10H,2-4,7-9H2,1H3,(H,15,16,17);;/q;+1;-1. The molecule has 1 aliphatic heterocycles. The van der Waals surface area contributed by atoms with Gasteiger partial charge in [0.15, 0.2) is 0 Å². The largest absolute Gasteiger partial charge is 1.00 e. The minimum atomic E-state index is -3.87. The molecule has 2 rings (SSSR count). The Labute approximate surface area is 143 Å². The molecule has 1 N–H and O–H groups in total. The fraction of sp³-hybridized carbons (Fsp3) is 0.538. The van der Waals surface area contributed by atoms with Gasteiger partial charge >= 0.3 is 29.6 Å². The molecule has 5 nitrogen and oxygen atoms in total. The van der Waals surface area contributed by atoms with Crippen LogP contribution >= 0.6 is 0 Å². The number of aryl methyl sites for hydroxylation is 1. The van der Waals surface area contributed by atoms with E-state index in [1.807, 2.05) is 12.1 Å². The summed E-state index contributed by atoms with van der Waals surface area (Å²) in [6, 6.07) is 5.99. The number of rotatable bonds is 5. The van der Waals surface area contributed by atoms with Crippen molar-refractivity contribution in [3.05, 3.63) is 23.8 Å². The Morgan fingerprint density at radius 3 is 2.85 bits per heavy atom. The molecule has 108 valence electrons. The van der Waals surface area contributed by atoms with Crippen LogP contribution in [0.2, 0.25) is 0 Å². The molecule has 20 heavy (non-hydrogen) atoms. The molecule has 1 aromatic carbocycles. The molecule has 1 aromatic rings. The van der Waals surface area contributed by atoms with Crippen LogP contribution in [0.25, 0.3) is 0 Å². The maximum Gasteiger partial charge on any atom is 1.00 e. The summed E-state index contributed by atoms with van der Waals surface area (Å²) in [7, 11) is -2.23. The summed E-state index contributed by atoms with van der Waals surface area (Å²) in [6.07, 6.45) is 2.52. The predicted molar refractivity (Wildman–Crippen MR) is 75.7 cm³/mol. The smallest absolute Gasteiger partial charge is 1.00 e. The summed E-state index contributed by atoms with van der Waals surface area (Å²) >= 11 is 0. The molecule has 0 aromatic heterocycles. The molecule has 0 radical (unpaired) electrons. The van der Waals surface area contributed by atoms with Crippen molar-refractivity contribution in [2.24, 2.45) is 0 Å². The van der Waals surface area contributed by atoms with E-state index in [4.69, 9.17) is 9.29 Å². The van der Waals surface area contributed by atoms with Gasteiger partial charge in [0, 0.05) is 24.8 Å². The van der Waals surface area contributed by atoms with Gasteiger partial charge in [0.05, 0.1) is 12.9 Å². The molecule has 0 atom stereocenters. The van der Waals surface area contributed by atoms with E-state index < -0.39 is 10.1 Å². The summed E-state index contributed by atoms with van der Waals surface area (Å²) in [5.74, 6) is 0.614. The van der Waals surface area contributed by atoms with Gasteiger partial charge in [-0.3, -0.25) is 4.55 Å². The summed E-state index contributed by atoms with van der Waals surface area (Å²) in [5, 5.41) is 0. The van der Waals surface area contributed by atoms with E-state index in [0.717, 1.165) is 30.8 Å². The first-order valence-corrected chi connectivity index (χ1v) is 7.97. The van der Waals surface area contributed by atoms with Gasteiger partial charge in [-0.1, -0.05) is 6.07 Å². The van der Waals surface area contributed by atoms with E-state index in [0.29, 0.717) is 13.0 Å². The van der Waals surface area contributed by atoms with Crippen molar-refractivity contribution in [1.82, 2.24) is 0 Å². The van der Waals surface area contributed by atoms with E-state index in [-0.39, 0.29) is 36.7 Å². The third kappa shape index (κ3) is 4.93. The van der Waals surface area contributed by atoms with Crippen LogP contribution in [-0.2, 0) is 16.5 Å². The van der Waals surface area contributed by atoms with Crippen LogP contribution in [0.4, 0.5) is 5.69 Å². The van der Waals surface area contributed by atoms with Crippen LogP contribution < -0.4 is 39.2 Å². The molecule has 0 unspecified atom stereocenters. The first kappa shape index (κ1) is 17.8. The Balaban J connectivity index is 0.00000200. The average Bonchev–Trinajstić information content (AvgIpc) is 2.37. The molecule has 0 saturated heterocycles. The van der Waals surface area contributed by atoms with Crippen molar-refractivity contribution in [2.75, 3.05) is 30.9 Å². The maximum absolute atomic E-state index is 10.7. The molecule has 0 saturated carbocycles. The molecule has 1 heterocycles. The number of anilines is 1. The molecule has 7 heteroatoms. The Hall–Kier alpha value is -0.270. The van der Waals surface area contributed by atoms with Gasteiger partial charge in [-0.05, 0) is 30.9 Å². The van der Waals surface area contributed by atoms with E-state index in [1.165, 1.54) is 5.56 Å². The van der Waals surface area contributed by atoms with Crippen molar-refractivity contribution >= 4 is 15.8 Å². The second-order valence-corrected chi connectivity index (χ2v) is 6.30. The summed E-state index contributed by atoms with van der Waals surface area (Å²) in [4.78, 5) is 2.16. The number of fused-ring (bicyclic) bond motifs is 1. The topological polar surface area (TPSA) is 66.8 Å². The van der Waals surface area contributed by atoms with Gasteiger partial charge in [0.1, 0.15) is 5.75 Å². The van der Waals surface area contributed by atoms with Crippen LogP contribution in [0.1, 0.15) is 19.8 Å². The Morgan fingerprint density at radius 2 is 2.20 bits per heavy atom. The Bertz CT molecular complexity index is 553. The van der Waals surface area contributed by atoms with Crippen LogP contribution in [0, 0.1) is 0 Å². The number of ether oxygens (including phenoxy) is 1. The number of benzene rings is 1. The number of methoxy groups -OCH3 is 1. The van der Waals surface area contributed by atoms with Gasteiger partial charge in [0.2, 0.25) is 0 Å². The molecular weight excluding hydrogens is 289 g/mol. The molecule has 0 bridgehead atoms. The normalized spacial score (nSPS) is 14.4. The second-order valence-electron chi connectivity index (χ2n) is 4.72. The second kappa shape index (κ2) is 7.66. The molecule has 0 aliphatic carbocycles. The van der Waals surface area contributed by atoms with Crippen LogP contribution in [0.3, 0.4) is 0 Å². The maximum atomic E-state index is 10.7. The van der Waals surface area contributed by atoms with E-state index in [9.17, 15) is 8.42 Å². The Morgan fingerprint density at radius 1 is 1.45 bits per heavy atom. The zero-order valence-corrected chi connectivity index (χ0v) is 14.8.